The Morgan fingerprint density at radius 3 is 2.37 bits per heavy atom. The summed E-state index contributed by atoms with van der Waals surface area (Å²) in [5.41, 5.74) is 3.12. The van der Waals surface area contributed by atoms with Crippen LogP contribution in [0.15, 0.2) is 83.8 Å². The number of carbonyl (C=O) groups excluding carboxylic acids is 1. The Kier molecular flexibility index (Phi) is 5.72. The molecule has 0 unspecified atom stereocenters. The molecule has 0 radical (unpaired) electrons. The zero-order chi connectivity index (χ0) is 21.0. The maximum Gasteiger partial charge on any atom is 0.319 e. The second-order valence-corrected chi connectivity index (χ2v) is 8.99. The highest BCUT2D eigenvalue weighted by atomic mass is 32.2. The third kappa shape index (κ3) is 4.31. The van der Waals surface area contributed by atoms with Gasteiger partial charge in [0.15, 0.2) is 0 Å². The van der Waals surface area contributed by atoms with Gasteiger partial charge in [-0.25, -0.2) is 13.2 Å². The Labute approximate surface area is 176 Å². The lowest BCUT2D eigenvalue weighted by Crippen LogP contribution is -2.35. The summed E-state index contributed by atoms with van der Waals surface area (Å²) in [7, 11) is -3.66. The second kappa shape index (κ2) is 8.59. The maximum absolute atomic E-state index is 13.2. The first kappa shape index (κ1) is 20.0. The van der Waals surface area contributed by atoms with Gasteiger partial charge in [-0.15, -0.1) is 0 Å². The van der Waals surface area contributed by atoms with Gasteiger partial charge in [0.2, 0.25) is 0 Å². The van der Waals surface area contributed by atoms with Gasteiger partial charge in [0, 0.05) is 18.8 Å². The highest BCUT2D eigenvalue weighted by Crippen LogP contribution is 2.34. The molecule has 0 fully saturated rings. The number of sulfonamides is 1. The minimum atomic E-state index is -3.66. The van der Waals surface area contributed by atoms with Crippen LogP contribution in [0.4, 0.5) is 16.2 Å². The van der Waals surface area contributed by atoms with Gasteiger partial charge in [-0.2, -0.15) is 0 Å². The van der Waals surface area contributed by atoms with E-state index in [9.17, 15) is 13.2 Å². The Morgan fingerprint density at radius 2 is 1.63 bits per heavy atom. The molecule has 0 saturated carbocycles. The van der Waals surface area contributed by atoms with Crippen molar-refractivity contribution in [2.75, 3.05) is 16.2 Å². The van der Waals surface area contributed by atoms with Gasteiger partial charge < -0.3 is 10.6 Å². The first-order chi connectivity index (χ1) is 14.5. The third-order valence-electron chi connectivity index (χ3n) is 5.05. The van der Waals surface area contributed by atoms with Crippen molar-refractivity contribution >= 4 is 27.4 Å². The van der Waals surface area contributed by atoms with E-state index in [4.69, 9.17) is 0 Å². The van der Waals surface area contributed by atoms with Crippen molar-refractivity contribution in [1.29, 1.82) is 0 Å². The normalized spacial score (nSPS) is 13.4. The van der Waals surface area contributed by atoms with Gasteiger partial charge in [0.25, 0.3) is 10.0 Å². The highest BCUT2D eigenvalue weighted by Gasteiger charge is 2.29. The number of amides is 2. The fraction of sp³-hybridized carbons (Fsp3) is 0.174. The first-order valence-corrected chi connectivity index (χ1v) is 11.3. The summed E-state index contributed by atoms with van der Waals surface area (Å²) >= 11 is 0. The SMILES string of the molecule is O=C(NCc1ccccc1)Nc1ccc2c(c1)N(S(=O)(=O)c1ccccc1)CCC2. The molecule has 1 aliphatic rings. The number of rotatable bonds is 5. The van der Waals surface area contributed by atoms with E-state index in [1.165, 1.54) is 4.31 Å². The number of hydrogen-bond donors (Lipinski definition) is 2. The molecular weight excluding hydrogens is 398 g/mol. The molecule has 7 heteroatoms. The summed E-state index contributed by atoms with van der Waals surface area (Å²) in [6, 6.07) is 23.1. The van der Waals surface area contributed by atoms with Gasteiger partial charge in [-0.1, -0.05) is 54.6 Å². The molecule has 1 heterocycles. The summed E-state index contributed by atoms with van der Waals surface area (Å²) in [6.07, 6.45) is 1.56. The molecular formula is C23H23N3O3S. The van der Waals surface area contributed by atoms with Crippen LogP contribution >= 0.6 is 0 Å². The van der Waals surface area contributed by atoms with Crippen LogP contribution in [-0.2, 0) is 23.0 Å². The highest BCUT2D eigenvalue weighted by molar-refractivity contribution is 7.92. The van der Waals surface area contributed by atoms with Gasteiger partial charge in [-0.05, 0) is 48.2 Å². The number of fused-ring (bicyclic) bond motifs is 1. The molecule has 2 N–H and O–H groups in total. The maximum atomic E-state index is 13.2. The number of anilines is 2. The standard InChI is InChI=1S/C23H23N3O3S/c27-23(24-17-18-8-3-1-4-9-18)25-20-14-13-19-10-7-15-26(22(19)16-20)30(28,29)21-11-5-2-6-12-21/h1-6,8-9,11-14,16H,7,10,15,17H2,(H2,24,25,27). The lowest BCUT2D eigenvalue weighted by Gasteiger charge is -2.31. The zero-order valence-corrected chi connectivity index (χ0v) is 17.2. The molecule has 0 aromatic heterocycles. The number of nitrogens with one attached hydrogen (secondary N) is 2. The summed E-state index contributed by atoms with van der Waals surface area (Å²) in [6.45, 7) is 0.819. The molecule has 3 aromatic rings. The predicted octanol–water partition coefficient (Wildman–Crippen LogP) is 4.15. The molecule has 4 rings (SSSR count). The van der Waals surface area contributed by atoms with Crippen molar-refractivity contribution in [2.24, 2.45) is 0 Å². The molecule has 0 bridgehead atoms. The molecule has 0 atom stereocenters. The summed E-state index contributed by atoms with van der Waals surface area (Å²) in [5, 5.41) is 5.62. The predicted molar refractivity (Wildman–Crippen MR) is 118 cm³/mol. The van der Waals surface area contributed by atoms with Crippen LogP contribution in [0.3, 0.4) is 0 Å². The lowest BCUT2D eigenvalue weighted by atomic mass is 10.0. The van der Waals surface area contributed by atoms with E-state index < -0.39 is 10.0 Å². The average molecular weight is 422 g/mol. The number of nitrogens with zero attached hydrogens (tertiary/aromatic N) is 1. The zero-order valence-electron chi connectivity index (χ0n) is 16.4. The molecule has 2 amide bonds. The molecule has 0 aliphatic carbocycles. The van der Waals surface area contributed by atoms with Crippen molar-refractivity contribution in [3.8, 4) is 0 Å². The Balaban J connectivity index is 1.53. The number of benzene rings is 3. The van der Waals surface area contributed by atoms with Crippen LogP contribution in [0.5, 0.6) is 0 Å². The van der Waals surface area contributed by atoms with Crippen molar-refractivity contribution in [2.45, 2.75) is 24.3 Å². The molecule has 30 heavy (non-hydrogen) atoms. The Bertz CT molecular complexity index is 1130. The van der Waals surface area contributed by atoms with E-state index in [0.717, 1.165) is 24.0 Å². The largest absolute Gasteiger partial charge is 0.334 e. The molecule has 154 valence electrons. The van der Waals surface area contributed by atoms with E-state index in [-0.39, 0.29) is 10.9 Å². The van der Waals surface area contributed by atoms with E-state index >= 15 is 0 Å². The van der Waals surface area contributed by atoms with Crippen LogP contribution in [0.1, 0.15) is 17.5 Å². The van der Waals surface area contributed by atoms with Gasteiger partial charge in [0.05, 0.1) is 10.6 Å². The summed E-state index contributed by atoms with van der Waals surface area (Å²) in [4.78, 5) is 12.6. The average Bonchev–Trinajstić information content (AvgIpc) is 2.78. The molecule has 3 aromatic carbocycles. The monoisotopic (exact) mass is 421 g/mol. The van der Waals surface area contributed by atoms with Crippen molar-refractivity contribution in [3.05, 3.63) is 90.0 Å². The Morgan fingerprint density at radius 1 is 0.933 bits per heavy atom. The molecule has 0 saturated heterocycles. The number of urea groups is 1. The van der Waals surface area contributed by atoms with Crippen molar-refractivity contribution in [3.63, 3.8) is 0 Å². The van der Waals surface area contributed by atoms with E-state index in [1.54, 1.807) is 42.5 Å². The Hall–Kier alpha value is -3.32. The quantitative estimate of drug-likeness (QED) is 0.650. The minimum absolute atomic E-state index is 0.261. The van der Waals surface area contributed by atoms with Crippen LogP contribution in [0.25, 0.3) is 0 Å². The first-order valence-electron chi connectivity index (χ1n) is 9.83. The molecule has 0 spiro atoms. The van der Waals surface area contributed by atoms with Gasteiger partial charge >= 0.3 is 6.03 Å². The molecule has 6 nitrogen and oxygen atoms in total. The smallest absolute Gasteiger partial charge is 0.319 e. The van der Waals surface area contributed by atoms with Crippen LogP contribution in [0.2, 0.25) is 0 Å². The number of aryl methyl sites for hydroxylation is 1. The van der Waals surface area contributed by atoms with E-state index in [0.29, 0.717) is 24.5 Å². The van der Waals surface area contributed by atoms with Crippen LogP contribution in [0, 0.1) is 0 Å². The van der Waals surface area contributed by atoms with E-state index in [1.807, 2.05) is 36.4 Å². The van der Waals surface area contributed by atoms with Crippen LogP contribution in [-0.4, -0.2) is 21.0 Å². The fourth-order valence-electron chi connectivity index (χ4n) is 3.54. The van der Waals surface area contributed by atoms with Gasteiger partial charge in [-0.3, -0.25) is 4.31 Å². The fourth-order valence-corrected chi connectivity index (χ4v) is 5.10. The summed E-state index contributed by atoms with van der Waals surface area (Å²) < 4.78 is 27.8. The topological polar surface area (TPSA) is 78.5 Å². The van der Waals surface area contributed by atoms with Crippen molar-refractivity contribution in [1.82, 2.24) is 5.32 Å². The number of carbonyl (C=O) groups is 1. The summed E-state index contributed by atoms with van der Waals surface area (Å²) in [5.74, 6) is 0. The van der Waals surface area contributed by atoms with Gasteiger partial charge in [0.1, 0.15) is 0 Å². The second-order valence-electron chi connectivity index (χ2n) is 7.13. The van der Waals surface area contributed by atoms with Crippen LogP contribution < -0.4 is 14.9 Å². The number of hydrogen-bond acceptors (Lipinski definition) is 3. The van der Waals surface area contributed by atoms with E-state index in [2.05, 4.69) is 10.6 Å². The minimum Gasteiger partial charge on any atom is -0.334 e. The molecule has 1 aliphatic heterocycles. The van der Waals surface area contributed by atoms with Crippen molar-refractivity contribution < 1.29 is 13.2 Å². The lowest BCUT2D eigenvalue weighted by molar-refractivity contribution is 0.251. The third-order valence-corrected chi connectivity index (χ3v) is 6.87.